The van der Waals surface area contributed by atoms with Crippen LogP contribution < -0.4 is 0 Å². The summed E-state index contributed by atoms with van der Waals surface area (Å²) in [7, 11) is 0. The van der Waals surface area contributed by atoms with Gasteiger partial charge in [-0.3, -0.25) is 0 Å². The summed E-state index contributed by atoms with van der Waals surface area (Å²) in [5.41, 5.74) is 0.743. The molecule has 2 aromatic rings. The first kappa shape index (κ1) is 9.77. The minimum Gasteiger partial charge on any atom is -0.339 e. The minimum atomic E-state index is 0.361. The lowest BCUT2D eigenvalue weighted by atomic mass is 10.4. The summed E-state index contributed by atoms with van der Waals surface area (Å²) >= 11 is 5.63. The molecule has 0 N–H and O–H groups in total. The highest BCUT2D eigenvalue weighted by Crippen LogP contribution is 2.38. The second-order valence-corrected chi connectivity index (χ2v) is 4.13. The fourth-order valence-electron chi connectivity index (χ4n) is 1.45. The van der Waals surface area contributed by atoms with Crippen molar-refractivity contribution in [1.29, 1.82) is 0 Å². The summed E-state index contributed by atoms with van der Waals surface area (Å²) in [6.07, 6.45) is 4.09. The van der Waals surface area contributed by atoms with Crippen LogP contribution in [0.15, 0.2) is 10.7 Å². The van der Waals surface area contributed by atoms with Gasteiger partial charge in [0.05, 0.1) is 17.8 Å². The van der Waals surface area contributed by atoms with Crippen LogP contribution in [0.3, 0.4) is 0 Å². The molecular formula is C9H10ClN5O. The van der Waals surface area contributed by atoms with Crippen LogP contribution in [0.4, 0.5) is 0 Å². The molecule has 0 aliphatic heterocycles. The third kappa shape index (κ3) is 1.92. The van der Waals surface area contributed by atoms with Crippen LogP contribution in [0, 0.1) is 0 Å². The average molecular weight is 240 g/mol. The van der Waals surface area contributed by atoms with E-state index in [2.05, 4.69) is 20.5 Å². The van der Waals surface area contributed by atoms with Gasteiger partial charge in [-0.1, -0.05) is 10.4 Å². The molecule has 0 spiro atoms. The molecule has 1 aliphatic carbocycles. The summed E-state index contributed by atoms with van der Waals surface area (Å²) in [6, 6.07) is 0. The first-order valence-electron chi connectivity index (χ1n) is 5.12. The van der Waals surface area contributed by atoms with Gasteiger partial charge in [0.1, 0.15) is 6.54 Å². The number of rotatable bonds is 4. The zero-order valence-corrected chi connectivity index (χ0v) is 9.26. The van der Waals surface area contributed by atoms with Crippen LogP contribution in [0.5, 0.6) is 0 Å². The summed E-state index contributed by atoms with van der Waals surface area (Å²) in [6.45, 7) is 0.472. The Morgan fingerprint density at radius 1 is 1.50 bits per heavy atom. The van der Waals surface area contributed by atoms with Gasteiger partial charge in [0.25, 0.3) is 0 Å². The van der Waals surface area contributed by atoms with Crippen molar-refractivity contribution in [2.75, 3.05) is 0 Å². The topological polar surface area (TPSA) is 69.6 Å². The van der Waals surface area contributed by atoms with Crippen molar-refractivity contribution in [1.82, 2.24) is 25.1 Å². The lowest BCUT2D eigenvalue weighted by Crippen LogP contribution is -2.02. The van der Waals surface area contributed by atoms with Crippen molar-refractivity contribution in [2.24, 2.45) is 0 Å². The Morgan fingerprint density at radius 2 is 2.38 bits per heavy atom. The molecule has 0 aromatic carbocycles. The maximum absolute atomic E-state index is 5.63. The Balaban J connectivity index is 1.72. The van der Waals surface area contributed by atoms with Crippen LogP contribution in [0.25, 0.3) is 0 Å². The van der Waals surface area contributed by atoms with E-state index < -0.39 is 0 Å². The monoisotopic (exact) mass is 239 g/mol. The third-order valence-corrected chi connectivity index (χ3v) is 2.71. The van der Waals surface area contributed by atoms with Crippen LogP contribution in [0.2, 0.25) is 0 Å². The molecule has 84 valence electrons. The zero-order valence-electron chi connectivity index (χ0n) is 8.51. The largest absolute Gasteiger partial charge is 0.339 e. The quantitative estimate of drug-likeness (QED) is 0.753. The molecule has 0 bridgehead atoms. The summed E-state index contributed by atoms with van der Waals surface area (Å²) in [5, 5.41) is 11.7. The van der Waals surface area contributed by atoms with E-state index in [0.29, 0.717) is 24.2 Å². The Hall–Kier alpha value is -1.43. The molecular weight excluding hydrogens is 230 g/mol. The second-order valence-electron chi connectivity index (χ2n) is 3.86. The normalized spacial score (nSPS) is 15.6. The lowest BCUT2D eigenvalue weighted by molar-refractivity contribution is 0.372. The molecule has 0 atom stereocenters. The van der Waals surface area contributed by atoms with Gasteiger partial charge < -0.3 is 4.52 Å². The Labute approximate surface area is 96.6 Å². The molecule has 0 amide bonds. The highest BCUT2D eigenvalue weighted by Gasteiger charge is 2.29. The van der Waals surface area contributed by atoms with E-state index in [0.717, 1.165) is 24.4 Å². The Morgan fingerprint density at radius 3 is 3.06 bits per heavy atom. The molecule has 2 aromatic heterocycles. The van der Waals surface area contributed by atoms with Crippen molar-refractivity contribution in [3.05, 3.63) is 23.6 Å². The third-order valence-electron chi connectivity index (χ3n) is 2.44. The number of aromatic nitrogens is 5. The van der Waals surface area contributed by atoms with Crippen LogP contribution in [-0.2, 0) is 12.4 Å². The van der Waals surface area contributed by atoms with Gasteiger partial charge in [-0.25, -0.2) is 4.68 Å². The van der Waals surface area contributed by atoms with Crippen LogP contribution in [0.1, 0.15) is 36.2 Å². The molecule has 0 radical (unpaired) electrons. The Bertz CT molecular complexity index is 490. The molecule has 0 unspecified atom stereocenters. The molecule has 7 heteroatoms. The molecule has 1 saturated carbocycles. The van der Waals surface area contributed by atoms with E-state index in [9.17, 15) is 0 Å². The number of nitrogens with zero attached hydrogens (tertiary/aromatic N) is 5. The van der Waals surface area contributed by atoms with E-state index in [1.165, 1.54) is 0 Å². The smallest absolute Gasteiger partial charge is 0.229 e. The minimum absolute atomic E-state index is 0.361. The highest BCUT2D eigenvalue weighted by atomic mass is 35.5. The van der Waals surface area contributed by atoms with Crippen molar-refractivity contribution in [2.45, 2.75) is 31.2 Å². The van der Waals surface area contributed by atoms with E-state index >= 15 is 0 Å². The summed E-state index contributed by atoms with van der Waals surface area (Å²) in [4.78, 5) is 4.30. The number of halogens is 1. The lowest BCUT2D eigenvalue weighted by Gasteiger charge is -1.91. The van der Waals surface area contributed by atoms with Gasteiger partial charge >= 0.3 is 0 Å². The van der Waals surface area contributed by atoms with Gasteiger partial charge in [-0.15, -0.1) is 16.7 Å². The summed E-state index contributed by atoms with van der Waals surface area (Å²) in [5.74, 6) is 2.22. The van der Waals surface area contributed by atoms with Gasteiger partial charge in [-0.05, 0) is 12.8 Å². The predicted octanol–water partition coefficient (Wildman–Crippen LogP) is 1.33. The summed E-state index contributed by atoms with van der Waals surface area (Å²) < 4.78 is 6.80. The van der Waals surface area contributed by atoms with Crippen molar-refractivity contribution in [3.8, 4) is 0 Å². The van der Waals surface area contributed by atoms with Crippen molar-refractivity contribution < 1.29 is 4.52 Å². The molecule has 0 saturated heterocycles. The predicted molar refractivity (Wildman–Crippen MR) is 55.0 cm³/mol. The first-order valence-corrected chi connectivity index (χ1v) is 5.66. The van der Waals surface area contributed by atoms with Crippen LogP contribution in [-0.4, -0.2) is 25.1 Å². The van der Waals surface area contributed by atoms with Gasteiger partial charge in [0, 0.05) is 5.92 Å². The SMILES string of the molecule is ClCc1cn(Cc2noc(C3CC3)n2)nn1. The molecule has 16 heavy (non-hydrogen) atoms. The first-order chi connectivity index (χ1) is 7.85. The molecule has 1 fully saturated rings. The van der Waals surface area contributed by atoms with Crippen molar-refractivity contribution >= 4 is 11.6 Å². The van der Waals surface area contributed by atoms with E-state index in [-0.39, 0.29) is 0 Å². The molecule has 2 heterocycles. The highest BCUT2D eigenvalue weighted by molar-refractivity contribution is 6.16. The van der Waals surface area contributed by atoms with Gasteiger partial charge in [0.2, 0.25) is 5.89 Å². The maximum atomic E-state index is 5.63. The Kier molecular flexibility index (Phi) is 2.36. The maximum Gasteiger partial charge on any atom is 0.229 e. The molecule has 1 aliphatic rings. The second kappa shape index (κ2) is 3.86. The fraction of sp³-hybridized carbons (Fsp3) is 0.556. The number of alkyl halides is 1. The number of hydrogen-bond acceptors (Lipinski definition) is 5. The van der Waals surface area contributed by atoms with E-state index in [1.54, 1.807) is 10.9 Å². The van der Waals surface area contributed by atoms with E-state index in [4.69, 9.17) is 16.1 Å². The van der Waals surface area contributed by atoms with Crippen molar-refractivity contribution in [3.63, 3.8) is 0 Å². The molecule has 6 nitrogen and oxygen atoms in total. The standard InChI is InChI=1S/C9H10ClN5O/c10-3-7-4-15(14-12-7)5-8-11-9(16-13-8)6-1-2-6/h4,6H,1-3,5H2. The van der Waals surface area contributed by atoms with Gasteiger partial charge in [0.15, 0.2) is 5.82 Å². The zero-order chi connectivity index (χ0) is 11.0. The van der Waals surface area contributed by atoms with Gasteiger partial charge in [-0.2, -0.15) is 4.98 Å². The van der Waals surface area contributed by atoms with E-state index in [1.807, 2.05) is 0 Å². The van der Waals surface area contributed by atoms with Crippen LogP contribution >= 0.6 is 11.6 Å². The fourth-order valence-corrected chi connectivity index (χ4v) is 1.57. The average Bonchev–Trinajstić information content (AvgIpc) is 2.88. The molecule has 3 rings (SSSR count). The number of hydrogen-bond donors (Lipinski definition) is 0.